The van der Waals surface area contributed by atoms with Gasteiger partial charge in [-0.3, -0.25) is 4.98 Å². The molecule has 1 aliphatic rings. The molecule has 26 heavy (non-hydrogen) atoms. The molecule has 0 saturated carbocycles. The molecule has 0 amide bonds. The van der Waals surface area contributed by atoms with E-state index in [2.05, 4.69) is 20.3 Å². The summed E-state index contributed by atoms with van der Waals surface area (Å²) in [6, 6.07) is 9.66. The highest BCUT2D eigenvalue weighted by Gasteiger charge is 2.17. The highest BCUT2D eigenvalue weighted by Crippen LogP contribution is 2.16. The van der Waals surface area contributed by atoms with Crippen molar-refractivity contribution in [1.82, 2.24) is 15.3 Å². The van der Waals surface area contributed by atoms with E-state index in [1.807, 2.05) is 30.3 Å². The number of aromatic nitrogens is 2. The summed E-state index contributed by atoms with van der Waals surface area (Å²) in [4.78, 5) is 12.9. The van der Waals surface area contributed by atoms with Crippen LogP contribution in [0.25, 0.3) is 0 Å². The van der Waals surface area contributed by atoms with E-state index in [4.69, 9.17) is 15.2 Å². The fraction of sp³-hybridized carbons (Fsp3) is 0.389. The van der Waals surface area contributed by atoms with Crippen molar-refractivity contribution >= 4 is 29.9 Å². The second kappa shape index (κ2) is 10.9. The molecule has 3 heterocycles. The van der Waals surface area contributed by atoms with Crippen LogP contribution in [0.1, 0.15) is 17.7 Å². The second-order valence-corrected chi connectivity index (χ2v) is 5.81. The van der Waals surface area contributed by atoms with Gasteiger partial charge in [0.15, 0.2) is 5.96 Å². The van der Waals surface area contributed by atoms with Gasteiger partial charge in [-0.2, -0.15) is 0 Å². The first kappa shape index (κ1) is 20.4. The first-order valence-electron chi connectivity index (χ1n) is 8.42. The van der Waals surface area contributed by atoms with Crippen molar-refractivity contribution in [3.8, 4) is 5.88 Å². The Balaban J connectivity index is 0.00000243. The maximum atomic E-state index is 5.91. The lowest BCUT2D eigenvalue weighted by Gasteiger charge is -2.11. The van der Waals surface area contributed by atoms with Gasteiger partial charge in [0.05, 0.1) is 19.8 Å². The van der Waals surface area contributed by atoms with Gasteiger partial charge < -0.3 is 20.5 Å². The molecule has 8 heteroatoms. The average molecular weight is 469 g/mol. The molecule has 1 aliphatic heterocycles. The number of aliphatic imine (C=N–C) groups is 1. The predicted octanol–water partition coefficient (Wildman–Crippen LogP) is 1.91. The third-order valence-corrected chi connectivity index (χ3v) is 3.82. The van der Waals surface area contributed by atoms with Crippen LogP contribution in [0.15, 0.2) is 47.7 Å². The van der Waals surface area contributed by atoms with Gasteiger partial charge in [-0.15, -0.1) is 24.0 Å². The van der Waals surface area contributed by atoms with Crippen molar-refractivity contribution < 1.29 is 9.47 Å². The summed E-state index contributed by atoms with van der Waals surface area (Å²) in [6.45, 7) is 2.54. The Labute approximate surface area is 170 Å². The van der Waals surface area contributed by atoms with E-state index < -0.39 is 0 Å². The standard InChI is InChI=1S/C18H23N5O2.HI/c19-18(22-9-5-15-3-1-2-7-20-15)23-12-14-4-8-21-17(11-14)25-16-6-10-24-13-16;/h1-4,7-8,11,16H,5-6,9-10,12-13H2,(H3,19,22,23);1H. The first-order chi connectivity index (χ1) is 12.3. The molecule has 1 fully saturated rings. The lowest BCUT2D eigenvalue weighted by atomic mass is 10.2. The first-order valence-corrected chi connectivity index (χ1v) is 8.42. The fourth-order valence-electron chi connectivity index (χ4n) is 2.49. The van der Waals surface area contributed by atoms with Crippen LogP contribution < -0.4 is 15.8 Å². The molecule has 2 aromatic heterocycles. The van der Waals surface area contributed by atoms with Crippen LogP contribution in [-0.4, -0.2) is 41.8 Å². The smallest absolute Gasteiger partial charge is 0.213 e. The molecule has 3 rings (SSSR count). The molecule has 1 saturated heterocycles. The maximum Gasteiger partial charge on any atom is 0.213 e. The van der Waals surface area contributed by atoms with Crippen molar-refractivity contribution in [3.05, 3.63) is 54.0 Å². The Morgan fingerprint density at radius 2 is 2.23 bits per heavy atom. The summed E-state index contributed by atoms with van der Waals surface area (Å²) in [6.07, 6.45) is 5.30. The van der Waals surface area contributed by atoms with Crippen LogP contribution in [0.3, 0.4) is 0 Å². The molecule has 0 spiro atoms. The number of pyridine rings is 2. The van der Waals surface area contributed by atoms with Gasteiger partial charge in [0.1, 0.15) is 6.10 Å². The quantitative estimate of drug-likeness (QED) is 0.366. The lowest BCUT2D eigenvalue weighted by Crippen LogP contribution is -2.33. The molecule has 7 nitrogen and oxygen atoms in total. The third-order valence-electron chi connectivity index (χ3n) is 3.82. The Kier molecular flexibility index (Phi) is 8.56. The molecule has 0 radical (unpaired) electrons. The summed E-state index contributed by atoms with van der Waals surface area (Å²) >= 11 is 0. The Morgan fingerprint density at radius 1 is 1.31 bits per heavy atom. The Morgan fingerprint density at radius 3 is 3.00 bits per heavy atom. The number of nitrogens with zero attached hydrogens (tertiary/aromatic N) is 3. The van der Waals surface area contributed by atoms with Gasteiger partial charge in [0.25, 0.3) is 0 Å². The average Bonchev–Trinajstić information content (AvgIpc) is 3.14. The molecule has 140 valence electrons. The monoisotopic (exact) mass is 469 g/mol. The van der Waals surface area contributed by atoms with Crippen molar-refractivity contribution in [2.75, 3.05) is 19.8 Å². The highest BCUT2D eigenvalue weighted by atomic mass is 127. The maximum absolute atomic E-state index is 5.91. The van der Waals surface area contributed by atoms with Crippen LogP contribution in [0, 0.1) is 0 Å². The number of hydrogen-bond donors (Lipinski definition) is 2. The zero-order chi connectivity index (χ0) is 17.3. The van der Waals surface area contributed by atoms with E-state index in [9.17, 15) is 0 Å². The summed E-state index contributed by atoms with van der Waals surface area (Å²) < 4.78 is 11.1. The molecular weight excluding hydrogens is 445 g/mol. The normalized spacial score (nSPS) is 16.8. The number of ether oxygens (including phenoxy) is 2. The molecular formula is C18H24IN5O2. The minimum Gasteiger partial charge on any atom is -0.472 e. The molecule has 0 aliphatic carbocycles. The predicted molar refractivity (Wildman–Crippen MR) is 111 cm³/mol. The van der Waals surface area contributed by atoms with E-state index >= 15 is 0 Å². The summed E-state index contributed by atoms with van der Waals surface area (Å²) in [5.74, 6) is 1.02. The van der Waals surface area contributed by atoms with E-state index in [0.717, 1.165) is 30.7 Å². The minimum absolute atomic E-state index is 0. The van der Waals surface area contributed by atoms with E-state index in [0.29, 0.717) is 31.5 Å². The molecule has 1 atom stereocenters. The summed E-state index contributed by atoms with van der Waals surface area (Å²) in [5, 5.41) is 3.10. The number of halogens is 1. The zero-order valence-electron chi connectivity index (χ0n) is 14.5. The van der Waals surface area contributed by atoms with Crippen molar-refractivity contribution in [2.45, 2.75) is 25.5 Å². The summed E-state index contributed by atoms with van der Waals surface area (Å²) in [7, 11) is 0. The van der Waals surface area contributed by atoms with Gasteiger partial charge in [0, 0.05) is 43.5 Å². The van der Waals surface area contributed by atoms with Crippen LogP contribution in [0.2, 0.25) is 0 Å². The Hall–Kier alpha value is -1.94. The van der Waals surface area contributed by atoms with E-state index in [-0.39, 0.29) is 30.1 Å². The highest BCUT2D eigenvalue weighted by molar-refractivity contribution is 14.0. The number of nitrogens with one attached hydrogen (secondary N) is 1. The van der Waals surface area contributed by atoms with Crippen LogP contribution in [0.4, 0.5) is 0 Å². The number of rotatable bonds is 7. The van der Waals surface area contributed by atoms with Crippen LogP contribution in [0.5, 0.6) is 5.88 Å². The van der Waals surface area contributed by atoms with Gasteiger partial charge in [-0.05, 0) is 23.8 Å². The Bertz CT molecular complexity index is 693. The molecule has 1 unspecified atom stereocenters. The minimum atomic E-state index is 0. The SMILES string of the molecule is I.NC(=NCc1ccnc(OC2CCOC2)c1)NCCc1ccccn1. The number of nitrogens with two attached hydrogens (primary N) is 1. The van der Waals surface area contributed by atoms with E-state index in [1.165, 1.54) is 0 Å². The van der Waals surface area contributed by atoms with Crippen molar-refractivity contribution in [3.63, 3.8) is 0 Å². The zero-order valence-corrected chi connectivity index (χ0v) is 16.8. The molecule has 0 aromatic carbocycles. The van der Waals surface area contributed by atoms with Gasteiger partial charge in [-0.25, -0.2) is 9.98 Å². The van der Waals surface area contributed by atoms with Gasteiger partial charge in [0.2, 0.25) is 5.88 Å². The van der Waals surface area contributed by atoms with Gasteiger partial charge >= 0.3 is 0 Å². The van der Waals surface area contributed by atoms with Crippen molar-refractivity contribution in [2.24, 2.45) is 10.7 Å². The number of hydrogen-bond acceptors (Lipinski definition) is 5. The fourth-order valence-corrected chi connectivity index (χ4v) is 2.49. The molecule has 3 N–H and O–H groups in total. The van der Waals surface area contributed by atoms with Gasteiger partial charge in [-0.1, -0.05) is 6.07 Å². The van der Waals surface area contributed by atoms with Crippen LogP contribution >= 0.6 is 24.0 Å². The van der Waals surface area contributed by atoms with E-state index in [1.54, 1.807) is 12.4 Å². The molecule has 0 bridgehead atoms. The topological polar surface area (TPSA) is 94.7 Å². The number of guanidine groups is 1. The van der Waals surface area contributed by atoms with Crippen molar-refractivity contribution in [1.29, 1.82) is 0 Å². The third kappa shape index (κ3) is 6.75. The second-order valence-electron chi connectivity index (χ2n) is 5.81. The largest absolute Gasteiger partial charge is 0.472 e. The van der Waals surface area contributed by atoms with Crippen LogP contribution in [-0.2, 0) is 17.7 Å². The summed E-state index contributed by atoms with van der Waals surface area (Å²) in [5.41, 5.74) is 7.93. The lowest BCUT2D eigenvalue weighted by molar-refractivity contribution is 0.138. The molecule has 2 aromatic rings.